The van der Waals surface area contributed by atoms with Crippen molar-refractivity contribution >= 4 is 11.6 Å². The average molecular weight is 253 g/mol. The molecule has 1 aliphatic heterocycles. The number of likely N-dealkylation sites (tertiary alicyclic amines) is 1. The summed E-state index contributed by atoms with van der Waals surface area (Å²) in [5.74, 6) is 0.793. The van der Waals surface area contributed by atoms with Gasteiger partial charge in [-0.2, -0.15) is 0 Å². The number of hydrogen-bond donors (Lipinski definition) is 0. The number of halogens is 1. The summed E-state index contributed by atoms with van der Waals surface area (Å²) < 4.78 is 0. The van der Waals surface area contributed by atoms with Crippen LogP contribution in [0.25, 0.3) is 0 Å². The maximum Gasteiger partial charge on any atom is 0.129 e. The largest absolute Gasteiger partial charge is 0.297 e. The third kappa shape index (κ3) is 3.43. The van der Waals surface area contributed by atoms with Gasteiger partial charge in [-0.1, -0.05) is 38.4 Å². The van der Waals surface area contributed by atoms with Crippen molar-refractivity contribution in [3.63, 3.8) is 0 Å². The lowest BCUT2D eigenvalue weighted by molar-refractivity contribution is 0.225. The Labute approximate surface area is 109 Å². The zero-order chi connectivity index (χ0) is 12.5. The third-order valence-electron chi connectivity index (χ3n) is 3.66. The Balaban J connectivity index is 1.94. The van der Waals surface area contributed by atoms with Crippen molar-refractivity contribution in [1.82, 2.24) is 9.88 Å². The molecule has 1 fully saturated rings. The van der Waals surface area contributed by atoms with E-state index in [1.165, 1.54) is 19.5 Å². The standard InChI is InChI=1S/C14H21ClN2/c1-14(2,3)11-7-8-17(9-11)10-12-5-4-6-13(15)16-12/h4-6,11H,7-10H2,1-3H3. The maximum atomic E-state index is 5.90. The fourth-order valence-electron chi connectivity index (χ4n) is 2.45. The van der Waals surface area contributed by atoms with Crippen molar-refractivity contribution < 1.29 is 0 Å². The molecule has 0 saturated carbocycles. The molecule has 1 aromatic rings. The van der Waals surface area contributed by atoms with Gasteiger partial charge in [0.25, 0.3) is 0 Å². The summed E-state index contributed by atoms with van der Waals surface area (Å²) in [4.78, 5) is 6.83. The highest BCUT2D eigenvalue weighted by molar-refractivity contribution is 6.29. The second-order valence-corrected chi connectivity index (χ2v) is 6.43. The molecule has 94 valence electrons. The summed E-state index contributed by atoms with van der Waals surface area (Å²) >= 11 is 5.90. The molecule has 0 aliphatic carbocycles. The van der Waals surface area contributed by atoms with Gasteiger partial charge >= 0.3 is 0 Å². The molecule has 1 unspecified atom stereocenters. The SMILES string of the molecule is CC(C)(C)C1CCN(Cc2cccc(Cl)n2)C1. The third-order valence-corrected chi connectivity index (χ3v) is 3.87. The van der Waals surface area contributed by atoms with Gasteiger partial charge in [-0.3, -0.25) is 4.90 Å². The lowest BCUT2D eigenvalue weighted by Crippen LogP contribution is -2.26. The van der Waals surface area contributed by atoms with Gasteiger partial charge in [-0.15, -0.1) is 0 Å². The molecule has 1 aromatic heterocycles. The van der Waals surface area contributed by atoms with Crippen molar-refractivity contribution in [2.45, 2.75) is 33.7 Å². The second kappa shape index (κ2) is 4.95. The van der Waals surface area contributed by atoms with Crippen molar-refractivity contribution in [2.75, 3.05) is 13.1 Å². The van der Waals surface area contributed by atoms with Crippen LogP contribution in [0, 0.1) is 11.3 Å². The lowest BCUT2D eigenvalue weighted by atomic mass is 9.80. The minimum Gasteiger partial charge on any atom is -0.297 e. The maximum absolute atomic E-state index is 5.90. The van der Waals surface area contributed by atoms with Crippen molar-refractivity contribution in [1.29, 1.82) is 0 Å². The molecule has 0 N–H and O–H groups in total. The van der Waals surface area contributed by atoms with E-state index in [-0.39, 0.29) is 0 Å². The molecule has 1 atom stereocenters. The molecule has 0 radical (unpaired) electrons. The van der Waals surface area contributed by atoms with E-state index >= 15 is 0 Å². The van der Waals surface area contributed by atoms with Gasteiger partial charge in [-0.05, 0) is 36.4 Å². The van der Waals surface area contributed by atoms with Gasteiger partial charge in [0, 0.05) is 13.1 Å². The van der Waals surface area contributed by atoms with E-state index in [9.17, 15) is 0 Å². The highest BCUT2D eigenvalue weighted by Crippen LogP contribution is 2.33. The fraction of sp³-hybridized carbons (Fsp3) is 0.643. The van der Waals surface area contributed by atoms with Crippen LogP contribution in [0.4, 0.5) is 0 Å². The van der Waals surface area contributed by atoms with Gasteiger partial charge in [0.1, 0.15) is 5.15 Å². The van der Waals surface area contributed by atoms with Gasteiger partial charge in [0.05, 0.1) is 5.69 Å². The van der Waals surface area contributed by atoms with Crippen molar-refractivity contribution in [2.24, 2.45) is 11.3 Å². The summed E-state index contributed by atoms with van der Waals surface area (Å²) in [7, 11) is 0. The molecule has 2 rings (SSSR count). The quantitative estimate of drug-likeness (QED) is 0.748. The van der Waals surface area contributed by atoms with E-state index < -0.39 is 0 Å². The van der Waals surface area contributed by atoms with Crippen LogP contribution in [0.1, 0.15) is 32.9 Å². The van der Waals surface area contributed by atoms with E-state index in [2.05, 4.69) is 36.7 Å². The first-order valence-corrected chi connectivity index (χ1v) is 6.67. The van der Waals surface area contributed by atoms with E-state index in [0.29, 0.717) is 10.6 Å². The van der Waals surface area contributed by atoms with Crippen LogP contribution in [0.2, 0.25) is 5.15 Å². The fourth-order valence-corrected chi connectivity index (χ4v) is 2.63. The molecule has 2 nitrogen and oxygen atoms in total. The Morgan fingerprint density at radius 1 is 1.41 bits per heavy atom. The van der Waals surface area contributed by atoms with Crippen molar-refractivity contribution in [3.05, 3.63) is 29.0 Å². The summed E-state index contributed by atoms with van der Waals surface area (Å²) in [6, 6.07) is 5.85. The number of rotatable bonds is 2. The normalized spacial score (nSPS) is 22.0. The molecule has 0 aromatic carbocycles. The minimum atomic E-state index is 0.413. The zero-order valence-electron chi connectivity index (χ0n) is 10.9. The monoisotopic (exact) mass is 252 g/mol. The van der Waals surface area contributed by atoms with Gasteiger partial charge < -0.3 is 0 Å². The van der Waals surface area contributed by atoms with Crippen LogP contribution in [-0.2, 0) is 6.54 Å². The first kappa shape index (κ1) is 12.8. The van der Waals surface area contributed by atoms with E-state index in [4.69, 9.17) is 11.6 Å². The molecule has 0 amide bonds. The average Bonchev–Trinajstić information content (AvgIpc) is 2.65. The molecule has 0 spiro atoms. The number of hydrogen-bond acceptors (Lipinski definition) is 2. The van der Waals surface area contributed by atoms with E-state index in [0.717, 1.165) is 18.2 Å². The topological polar surface area (TPSA) is 16.1 Å². The molecular weight excluding hydrogens is 232 g/mol. The Bertz CT molecular complexity index is 384. The summed E-state index contributed by atoms with van der Waals surface area (Å²) in [6.07, 6.45) is 1.30. The summed E-state index contributed by atoms with van der Waals surface area (Å²) in [6.45, 7) is 10.3. The molecule has 1 saturated heterocycles. The predicted octanol–water partition coefficient (Wildman–Crippen LogP) is 3.60. The predicted molar refractivity (Wildman–Crippen MR) is 72.1 cm³/mol. The second-order valence-electron chi connectivity index (χ2n) is 6.04. The van der Waals surface area contributed by atoms with E-state index in [1.807, 2.05) is 12.1 Å². The molecule has 17 heavy (non-hydrogen) atoms. The first-order chi connectivity index (χ1) is 7.95. The van der Waals surface area contributed by atoms with Crippen LogP contribution in [-0.4, -0.2) is 23.0 Å². The van der Waals surface area contributed by atoms with Crippen LogP contribution >= 0.6 is 11.6 Å². The summed E-state index contributed by atoms with van der Waals surface area (Å²) in [5, 5.41) is 0.592. The highest BCUT2D eigenvalue weighted by atomic mass is 35.5. The lowest BCUT2D eigenvalue weighted by Gasteiger charge is -2.27. The van der Waals surface area contributed by atoms with E-state index in [1.54, 1.807) is 0 Å². The summed E-state index contributed by atoms with van der Waals surface area (Å²) in [5.41, 5.74) is 1.49. The number of nitrogens with zero attached hydrogens (tertiary/aromatic N) is 2. The Kier molecular flexibility index (Phi) is 3.74. The van der Waals surface area contributed by atoms with Gasteiger partial charge in [0.2, 0.25) is 0 Å². The van der Waals surface area contributed by atoms with Crippen LogP contribution in [0.3, 0.4) is 0 Å². The van der Waals surface area contributed by atoms with Gasteiger partial charge in [0.15, 0.2) is 0 Å². The Hall–Kier alpha value is -0.600. The Morgan fingerprint density at radius 2 is 2.18 bits per heavy atom. The minimum absolute atomic E-state index is 0.413. The highest BCUT2D eigenvalue weighted by Gasteiger charge is 2.31. The smallest absolute Gasteiger partial charge is 0.129 e. The van der Waals surface area contributed by atoms with Crippen LogP contribution < -0.4 is 0 Å². The van der Waals surface area contributed by atoms with Gasteiger partial charge in [-0.25, -0.2) is 4.98 Å². The molecule has 0 bridgehead atoms. The number of pyridine rings is 1. The first-order valence-electron chi connectivity index (χ1n) is 6.29. The zero-order valence-corrected chi connectivity index (χ0v) is 11.7. The van der Waals surface area contributed by atoms with Crippen LogP contribution in [0.15, 0.2) is 18.2 Å². The molecular formula is C14H21ClN2. The molecule has 3 heteroatoms. The van der Waals surface area contributed by atoms with Crippen molar-refractivity contribution in [3.8, 4) is 0 Å². The van der Waals surface area contributed by atoms with Crippen LogP contribution in [0.5, 0.6) is 0 Å². The Morgan fingerprint density at radius 3 is 2.76 bits per heavy atom. The number of aromatic nitrogens is 1. The molecule has 1 aliphatic rings. The molecule has 2 heterocycles.